The summed E-state index contributed by atoms with van der Waals surface area (Å²) in [4.78, 5) is 31.1. The summed E-state index contributed by atoms with van der Waals surface area (Å²) in [5, 5.41) is 6.47. The molecule has 0 N–H and O–H groups in total. The van der Waals surface area contributed by atoms with E-state index in [2.05, 4.69) is 29.8 Å². The highest BCUT2D eigenvalue weighted by molar-refractivity contribution is 6.06. The molecule has 0 radical (unpaired) electrons. The van der Waals surface area contributed by atoms with E-state index in [-0.39, 0.29) is 42.5 Å². The summed E-state index contributed by atoms with van der Waals surface area (Å²) in [6.45, 7) is 8.18. The van der Waals surface area contributed by atoms with Gasteiger partial charge in [-0.3, -0.25) is 9.59 Å². The molecule has 0 aromatic heterocycles. The molecule has 0 spiro atoms. The Bertz CT molecular complexity index is 855. The zero-order valence-electron chi connectivity index (χ0n) is 19.2. The number of benzene rings is 1. The normalized spacial score (nSPS) is 22.1. The fourth-order valence-corrected chi connectivity index (χ4v) is 4.60. The highest BCUT2D eigenvalue weighted by Crippen LogP contribution is 2.30. The summed E-state index contributed by atoms with van der Waals surface area (Å²) in [5.41, 5.74) is 4.22. The first-order valence-corrected chi connectivity index (χ1v) is 11.1. The smallest absolute Gasteiger partial charge is 0.243 e. The Balaban J connectivity index is 0.00000181. The van der Waals surface area contributed by atoms with E-state index < -0.39 is 0 Å². The Kier molecular flexibility index (Phi) is 9.52. The van der Waals surface area contributed by atoms with Crippen molar-refractivity contribution in [3.63, 3.8) is 0 Å². The lowest BCUT2D eigenvalue weighted by Crippen LogP contribution is -2.45. The molecule has 178 valence electrons. The van der Waals surface area contributed by atoms with Crippen molar-refractivity contribution in [2.24, 2.45) is 11.0 Å². The number of hydrogen-bond acceptors (Lipinski definition) is 5. The summed E-state index contributed by atoms with van der Waals surface area (Å²) in [5.74, 6) is 0.385. The molecular formula is C23H35Cl2N5O2. The second kappa shape index (κ2) is 11.5. The summed E-state index contributed by atoms with van der Waals surface area (Å²) in [6, 6.07) is 6.22. The summed E-state index contributed by atoms with van der Waals surface area (Å²) in [6.07, 6.45) is 2.76. The maximum atomic E-state index is 12.6. The van der Waals surface area contributed by atoms with Gasteiger partial charge in [0.25, 0.3) is 0 Å². The molecule has 3 aliphatic heterocycles. The van der Waals surface area contributed by atoms with E-state index in [0.29, 0.717) is 19.4 Å². The van der Waals surface area contributed by atoms with Crippen molar-refractivity contribution in [1.29, 1.82) is 0 Å². The van der Waals surface area contributed by atoms with Crippen LogP contribution in [-0.2, 0) is 16.0 Å². The SMILES string of the molecule is CC1CC(=O)N(CCCN2CCN(C)CC2)N=C1c1ccc2c(c1)CCC(=O)N2C.Cl.Cl. The molecule has 1 aromatic carbocycles. The number of hydrogen-bond donors (Lipinski definition) is 0. The summed E-state index contributed by atoms with van der Waals surface area (Å²) >= 11 is 0. The first-order valence-electron chi connectivity index (χ1n) is 11.1. The van der Waals surface area contributed by atoms with Crippen LogP contribution in [0.4, 0.5) is 5.69 Å². The van der Waals surface area contributed by atoms with Gasteiger partial charge in [-0.05, 0) is 43.1 Å². The first-order chi connectivity index (χ1) is 14.4. The second-order valence-electron chi connectivity index (χ2n) is 8.90. The molecule has 2 amide bonds. The molecule has 7 nitrogen and oxygen atoms in total. The predicted molar refractivity (Wildman–Crippen MR) is 133 cm³/mol. The lowest BCUT2D eigenvalue weighted by atomic mass is 9.90. The van der Waals surface area contributed by atoms with Gasteiger partial charge in [-0.15, -0.1) is 24.8 Å². The zero-order valence-corrected chi connectivity index (χ0v) is 20.9. The average molecular weight is 484 g/mol. The highest BCUT2D eigenvalue weighted by atomic mass is 35.5. The van der Waals surface area contributed by atoms with Gasteiger partial charge in [0.15, 0.2) is 0 Å². The van der Waals surface area contributed by atoms with Crippen LogP contribution >= 0.6 is 24.8 Å². The highest BCUT2D eigenvalue weighted by Gasteiger charge is 2.29. The third-order valence-electron chi connectivity index (χ3n) is 6.62. The van der Waals surface area contributed by atoms with Crippen LogP contribution in [0.3, 0.4) is 0 Å². The van der Waals surface area contributed by atoms with Crippen molar-refractivity contribution in [1.82, 2.24) is 14.8 Å². The van der Waals surface area contributed by atoms with Crippen molar-refractivity contribution in [3.05, 3.63) is 29.3 Å². The maximum Gasteiger partial charge on any atom is 0.243 e. The van der Waals surface area contributed by atoms with Crippen molar-refractivity contribution >= 4 is 48.0 Å². The molecule has 32 heavy (non-hydrogen) atoms. The van der Waals surface area contributed by atoms with Crippen molar-refractivity contribution in [2.45, 2.75) is 32.6 Å². The first kappa shape index (κ1) is 26.6. The molecule has 0 aliphatic carbocycles. The van der Waals surface area contributed by atoms with E-state index in [4.69, 9.17) is 5.10 Å². The van der Waals surface area contributed by atoms with Crippen LogP contribution in [0.1, 0.15) is 37.3 Å². The molecule has 3 heterocycles. The third-order valence-corrected chi connectivity index (χ3v) is 6.62. The van der Waals surface area contributed by atoms with E-state index in [1.165, 1.54) is 5.56 Å². The number of halogens is 2. The number of anilines is 1. The van der Waals surface area contributed by atoms with E-state index in [0.717, 1.165) is 62.5 Å². The molecule has 4 rings (SSSR count). The van der Waals surface area contributed by atoms with E-state index >= 15 is 0 Å². The minimum atomic E-state index is 0. The Labute approximate surface area is 203 Å². The molecule has 1 saturated heterocycles. The fraction of sp³-hybridized carbons (Fsp3) is 0.609. The lowest BCUT2D eigenvalue weighted by molar-refractivity contribution is -0.132. The van der Waals surface area contributed by atoms with Gasteiger partial charge in [0.2, 0.25) is 11.8 Å². The molecule has 1 fully saturated rings. The number of likely N-dealkylation sites (N-methyl/N-ethyl adjacent to an activating group) is 1. The molecule has 1 aromatic rings. The van der Waals surface area contributed by atoms with Gasteiger partial charge >= 0.3 is 0 Å². The molecule has 9 heteroatoms. The van der Waals surface area contributed by atoms with Gasteiger partial charge in [0.1, 0.15) is 0 Å². The molecule has 1 atom stereocenters. The Morgan fingerprint density at radius 2 is 1.69 bits per heavy atom. The Morgan fingerprint density at radius 3 is 2.41 bits per heavy atom. The topological polar surface area (TPSA) is 59.5 Å². The minimum absolute atomic E-state index is 0. The molecule has 0 saturated carbocycles. The number of hydrazone groups is 1. The standard InChI is InChI=1S/C23H33N5O2.2ClH/c1-17-15-22(30)28(10-4-9-27-13-11-25(2)12-14-27)24-23(17)19-5-7-20-18(16-19)6-8-21(29)26(20)3;;/h5,7,16-17H,4,6,8-15H2,1-3H3;2*1H. The van der Waals surface area contributed by atoms with Gasteiger partial charge in [-0.2, -0.15) is 5.10 Å². The van der Waals surface area contributed by atoms with Crippen molar-refractivity contribution in [2.75, 3.05) is 58.3 Å². The Hall–Kier alpha value is -1.67. The van der Waals surface area contributed by atoms with Crippen LogP contribution in [0.2, 0.25) is 0 Å². The zero-order chi connectivity index (χ0) is 21.3. The molecule has 1 unspecified atom stereocenters. The number of aryl methyl sites for hydroxylation is 1. The summed E-state index contributed by atoms with van der Waals surface area (Å²) in [7, 11) is 4.00. The second-order valence-corrected chi connectivity index (χ2v) is 8.90. The van der Waals surface area contributed by atoms with Crippen LogP contribution in [0.5, 0.6) is 0 Å². The number of amides is 2. The number of fused-ring (bicyclic) bond motifs is 1. The van der Waals surface area contributed by atoms with Gasteiger partial charge in [0, 0.05) is 70.8 Å². The predicted octanol–water partition coefficient (Wildman–Crippen LogP) is 2.65. The van der Waals surface area contributed by atoms with Crippen molar-refractivity contribution in [3.8, 4) is 0 Å². The average Bonchev–Trinajstić information content (AvgIpc) is 2.73. The fourth-order valence-electron chi connectivity index (χ4n) is 4.60. The van der Waals surface area contributed by atoms with Crippen LogP contribution < -0.4 is 4.90 Å². The summed E-state index contributed by atoms with van der Waals surface area (Å²) < 4.78 is 0. The molecule has 0 bridgehead atoms. The number of nitrogens with zero attached hydrogens (tertiary/aromatic N) is 5. The maximum absolute atomic E-state index is 12.6. The van der Waals surface area contributed by atoms with Gasteiger partial charge in [-0.25, -0.2) is 5.01 Å². The van der Waals surface area contributed by atoms with Gasteiger partial charge in [-0.1, -0.05) is 13.0 Å². The monoisotopic (exact) mass is 483 g/mol. The van der Waals surface area contributed by atoms with E-state index in [1.807, 2.05) is 19.2 Å². The number of carbonyl (C=O) groups excluding carboxylic acids is 2. The van der Waals surface area contributed by atoms with Crippen LogP contribution in [0.25, 0.3) is 0 Å². The van der Waals surface area contributed by atoms with Crippen LogP contribution in [0.15, 0.2) is 23.3 Å². The van der Waals surface area contributed by atoms with Crippen LogP contribution in [0, 0.1) is 5.92 Å². The lowest BCUT2D eigenvalue weighted by Gasteiger charge is -2.33. The number of piperazine rings is 1. The number of carbonyl (C=O) groups is 2. The molecular weight excluding hydrogens is 449 g/mol. The Morgan fingerprint density at radius 1 is 0.969 bits per heavy atom. The quantitative estimate of drug-likeness (QED) is 0.645. The van der Waals surface area contributed by atoms with Gasteiger partial charge in [0.05, 0.1) is 5.71 Å². The van der Waals surface area contributed by atoms with Crippen molar-refractivity contribution < 1.29 is 9.59 Å². The molecule has 3 aliphatic rings. The van der Waals surface area contributed by atoms with E-state index in [9.17, 15) is 9.59 Å². The van der Waals surface area contributed by atoms with Crippen LogP contribution in [-0.4, -0.2) is 85.7 Å². The van der Waals surface area contributed by atoms with E-state index in [1.54, 1.807) is 9.91 Å². The third kappa shape index (κ3) is 5.81. The largest absolute Gasteiger partial charge is 0.315 e. The minimum Gasteiger partial charge on any atom is -0.315 e. The number of rotatable bonds is 5. The van der Waals surface area contributed by atoms with Gasteiger partial charge < -0.3 is 14.7 Å².